The van der Waals surface area contributed by atoms with Crippen LogP contribution in [0.2, 0.25) is 0 Å². The summed E-state index contributed by atoms with van der Waals surface area (Å²) in [6, 6.07) is 12.2. The lowest BCUT2D eigenvalue weighted by Gasteiger charge is -2.15. The molecule has 9 nitrogen and oxygen atoms in total. The van der Waals surface area contributed by atoms with Gasteiger partial charge in [0, 0.05) is 64.2 Å². The molecule has 5 aromatic heterocycles. The molecule has 0 radical (unpaired) electrons. The summed E-state index contributed by atoms with van der Waals surface area (Å²) in [6.07, 6.45) is 8.91. The van der Waals surface area contributed by atoms with E-state index in [9.17, 15) is 9.50 Å². The minimum atomic E-state index is -0.372. The molecule has 6 heterocycles. The summed E-state index contributed by atoms with van der Waals surface area (Å²) < 4.78 is 20.6. The van der Waals surface area contributed by atoms with Crippen molar-refractivity contribution >= 4 is 21.9 Å². The number of benzene rings is 1. The molecule has 0 saturated carbocycles. The van der Waals surface area contributed by atoms with Gasteiger partial charge in [0.05, 0.1) is 23.3 Å². The van der Waals surface area contributed by atoms with Crippen LogP contribution in [0.3, 0.4) is 0 Å². The van der Waals surface area contributed by atoms with E-state index >= 15 is 0 Å². The first-order valence-electron chi connectivity index (χ1n) is 13.2. The normalized spacial score (nSPS) is 13.9. The Labute approximate surface area is 228 Å². The van der Waals surface area contributed by atoms with Crippen LogP contribution in [0.4, 0.5) is 4.39 Å². The summed E-state index contributed by atoms with van der Waals surface area (Å²) in [6.45, 7) is 3.53. The summed E-state index contributed by atoms with van der Waals surface area (Å²) in [5, 5.41) is 19.0. The van der Waals surface area contributed by atoms with Crippen molar-refractivity contribution in [3.05, 3.63) is 73.1 Å². The van der Waals surface area contributed by atoms with Crippen molar-refractivity contribution in [3.8, 4) is 45.3 Å². The quantitative estimate of drug-likeness (QED) is 0.245. The van der Waals surface area contributed by atoms with Crippen molar-refractivity contribution in [2.75, 3.05) is 26.2 Å². The fraction of sp³-hybridized carbons (Fsp3) is 0.200. The van der Waals surface area contributed by atoms with Gasteiger partial charge in [-0.25, -0.2) is 9.37 Å². The van der Waals surface area contributed by atoms with E-state index in [1.165, 1.54) is 31.2 Å². The third-order valence-corrected chi connectivity index (χ3v) is 7.30. The van der Waals surface area contributed by atoms with Crippen LogP contribution in [-0.4, -0.2) is 66.4 Å². The van der Waals surface area contributed by atoms with Crippen molar-refractivity contribution in [2.24, 2.45) is 0 Å². The molecule has 1 aliphatic rings. The van der Waals surface area contributed by atoms with Gasteiger partial charge in [0.1, 0.15) is 23.9 Å². The molecule has 1 aliphatic heterocycles. The minimum Gasteiger partial charge on any atom is -0.506 e. The van der Waals surface area contributed by atoms with Gasteiger partial charge < -0.3 is 14.8 Å². The highest BCUT2D eigenvalue weighted by Gasteiger charge is 2.17. The molecule has 0 aliphatic carbocycles. The van der Waals surface area contributed by atoms with Gasteiger partial charge in [0.15, 0.2) is 5.65 Å². The van der Waals surface area contributed by atoms with Crippen LogP contribution in [0.5, 0.6) is 11.5 Å². The monoisotopic (exact) mass is 535 g/mol. The van der Waals surface area contributed by atoms with Crippen molar-refractivity contribution < 1.29 is 14.2 Å². The van der Waals surface area contributed by atoms with Crippen molar-refractivity contribution in [1.82, 2.24) is 35.0 Å². The zero-order valence-corrected chi connectivity index (χ0v) is 21.6. The number of hydrogen-bond acceptors (Lipinski definition) is 7. The number of aromatic nitrogens is 6. The van der Waals surface area contributed by atoms with Crippen LogP contribution >= 0.6 is 0 Å². The standard InChI is InChI=1S/C30H26FN7O2/c31-21-9-18(11-23(13-21)40-8-7-38-5-1-2-6-38)28-24-14-27(35-26(24)3-4-33-28)29-25-12-20(16-34-30(25)37-36-29)19-10-22(39)17-32-15-19/h3-4,9-17,35,39H,1-2,5-8H2,(H,34,36,37). The predicted molar refractivity (Wildman–Crippen MR) is 150 cm³/mol. The largest absolute Gasteiger partial charge is 0.506 e. The van der Waals surface area contributed by atoms with Crippen molar-refractivity contribution in [1.29, 1.82) is 0 Å². The zero-order valence-electron chi connectivity index (χ0n) is 21.6. The van der Waals surface area contributed by atoms with Gasteiger partial charge in [-0.15, -0.1) is 0 Å². The van der Waals surface area contributed by atoms with Gasteiger partial charge in [0.25, 0.3) is 0 Å². The van der Waals surface area contributed by atoms with E-state index in [1.807, 2.05) is 24.3 Å². The fourth-order valence-corrected chi connectivity index (χ4v) is 5.35. The molecule has 0 amide bonds. The molecule has 7 rings (SSSR count). The Kier molecular flexibility index (Phi) is 6.09. The molecule has 3 N–H and O–H groups in total. The van der Waals surface area contributed by atoms with Gasteiger partial charge in [-0.2, -0.15) is 5.10 Å². The number of aromatic hydroxyl groups is 1. The van der Waals surface area contributed by atoms with Gasteiger partial charge in [-0.05, 0) is 62.3 Å². The first-order valence-corrected chi connectivity index (χ1v) is 13.2. The number of nitrogens with one attached hydrogen (secondary N) is 2. The van der Waals surface area contributed by atoms with Crippen molar-refractivity contribution in [3.63, 3.8) is 0 Å². The van der Waals surface area contributed by atoms with E-state index < -0.39 is 0 Å². The Morgan fingerprint density at radius 1 is 0.925 bits per heavy atom. The van der Waals surface area contributed by atoms with Gasteiger partial charge in [-0.3, -0.25) is 20.0 Å². The van der Waals surface area contributed by atoms with Crippen LogP contribution < -0.4 is 4.74 Å². The number of H-pyrrole nitrogens is 2. The van der Waals surface area contributed by atoms with Gasteiger partial charge in [0.2, 0.25) is 0 Å². The molecule has 0 bridgehead atoms. The maximum Gasteiger partial charge on any atom is 0.181 e. The molecule has 200 valence electrons. The van der Waals surface area contributed by atoms with Gasteiger partial charge >= 0.3 is 0 Å². The summed E-state index contributed by atoms with van der Waals surface area (Å²) in [5.74, 6) is 0.198. The van der Waals surface area contributed by atoms with Gasteiger partial charge in [-0.1, -0.05) is 0 Å². The first-order chi connectivity index (χ1) is 19.6. The predicted octanol–water partition coefficient (Wildman–Crippen LogP) is 5.55. The van der Waals surface area contributed by atoms with E-state index in [-0.39, 0.29) is 11.6 Å². The Hall–Kier alpha value is -4.83. The molecular weight excluding hydrogens is 509 g/mol. The lowest BCUT2D eigenvalue weighted by Crippen LogP contribution is -2.25. The number of pyridine rings is 3. The minimum absolute atomic E-state index is 0.0816. The topological polar surface area (TPSA) is 116 Å². The number of nitrogens with zero attached hydrogens (tertiary/aromatic N) is 5. The molecule has 0 atom stereocenters. The summed E-state index contributed by atoms with van der Waals surface area (Å²) in [4.78, 5) is 19.0. The molecule has 0 unspecified atom stereocenters. The number of halogens is 1. The smallest absolute Gasteiger partial charge is 0.181 e. The molecule has 1 aromatic carbocycles. The van der Waals surface area contributed by atoms with E-state index in [0.29, 0.717) is 29.3 Å². The third kappa shape index (κ3) is 4.62. The summed E-state index contributed by atoms with van der Waals surface area (Å²) in [5.41, 5.74) is 5.79. The molecule has 6 aromatic rings. The number of rotatable bonds is 7. The second-order valence-corrected chi connectivity index (χ2v) is 10.0. The van der Waals surface area contributed by atoms with E-state index in [4.69, 9.17) is 4.74 Å². The maximum atomic E-state index is 14.7. The van der Waals surface area contributed by atoms with Crippen LogP contribution in [0.15, 0.2) is 67.3 Å². The number of hydrogen-bond donors (Lipinski definition) is 3. The highest BCUT2D eigenvalue weighted by Crippen LogP contribution is 2.35. The average Bonchev–Trinajstić information content (AvgIpc) is 3.72. The number of ether oxygens (including phenoxy) is 1. The molecular formula is C30H26FN7O2. The van der Waals surface area contributed by atoms with Crippen molar-refractivity contribution in [2.45, 2.75) is 12.8 Å². The Bertz CT molecular complexity index is 1840. The highest BCUT2D eigenvalue weighted by atomic mass is 19.1. The Morgan fingerprint density at radius 3 is 2.67 bits per heavy atom. The summed E-state index contributed by atoms with van der Waals surface area (Å²) in [7, 11) is 0. The molecule has 1 fully saturated rings. The van der Waals surface area contributed by atoms with Crippen LogP contribution in [0.1, 0.15) is 12.8 Å². The third-order valence-electron chi connectivity index (χ3n) is 7.30. The lowest BCUT2D eigenvalue weighted by molar-refractivity contribution is 0.237. The Morgan fingerprint density at radius 2 is 1.80 bits per heavy atom. The first kappa shape index (κ1) is 24.2. The SMILES string of the molecule is Oc1cncc(-c2cnc3n[nH]c(-c4cc5c(-c6cc(F)cc(OCCN7CCCC7)c6)nccc5[nH]4)c3c2)c1. The zero-order chi connectivity index (χ0) is 27.1. The average molecular weight is 536 g/mol. The second-order valence-electron chi connectivity index (χ2n) is 10.0. The molecule has 40 heavy (non-hydrogen) atoms. The number of fused-ring (bicyclic) bond motifs is 2. The summed E-state index contributed by atoms with van der Waals surface area (Å²) >= 11 is 0. The van der Waals surface area contributed by atoms with E-state index in [0.717, 1.165) is 58.4 Å². The van der Waals surface area contributed by atoms with E-state index in [1.54, 1.807) is 24.7 Å². The molecule has 10 heteroatoms. The van der Waals surface area contributed by atoms with E-state index in [2.05, 4.69) is 35.0 Å². The molecule has 1 saturated heterocycles. The maximum absolute atomic E-state index is 14.7. The second kappa shape index (κ2) is 10.0. The lowest BCUT2D eigenvalue weighted by atomic mass is 10.1. The van der Waals surface area contributed by atoms with Crippen LogP contribution in [-0.2, 0) is 0 Å². The number of aromatic amines is 2. The number of likely N-dealkylation sites (tertiary alicyclic amines) is 1. The van der Waals surface area contributed by atoms with Crippen LogP contribution in [0.25, 0.3) is 55.7 Å². The Balaban J connectivity index is 1.23. The fourth-order valence-electron chi connectivity index (χ4n) is 5.35. The molecule has 0 spiro atoms. The highest BCUT2D eigenvalue weighted by molar-refractivity contribution is 6.00. The van der Waals surface area contributed by atoms with Crippen LogP contribution in [0, 0.1) is 5.82 Å².